The molecule has 5 heteroatoms. The number of hydrogen-bond acceptors (Lipinski definition) is 3. The van der Waals surface area contributed by atoms with Gasteiger partial charge in [0.15, 0.2) is 0 Å². The molecule has 0 radical (unpaired) electrons. The number of carbonyl (C=O) groups excluding carboxylic acids is 1. The van der Waals surface area contributed by atoms with Crippen molar-refractivity contribution in [2.75, 3.05) is 19.6 Å². The predicted molar refractivity (Wildman–Crippen MR) is 85.3 cm³/mol. The van der Waals surface area contributed by atoms with Crippen LogP contribution in [0.2, 0.25) is 0 Å². The van der Waals surface area contributed by atoms with E-state index in [4.69, 9.17) is 4.74 Å². The van der Waals surface area contributed by atoms with Crippen molar-refractivity contribution in [3.05, 3.63) is 24.0 Å². The molecule has 0 spiro atoms. The average Bonchev–Trinajstić information content (AvgIpc) is 2.84. The monoisotopic (exact) mass is 295 g/mol. The second-order valence-corrected chi connectivity index (χ2v) is 6.09. The Bertz CT molecular complexity index is 435. The lowest BCUT2D eigenvalue weighted by Gasteiger charge is -2.26. The van der Waals surface area contributed by atoms with Gasteiger partial charge in [-0.3, -0.25) is 0 Å². The van der Waals surface area contributed by atoms with Gasteiger partial charge in [-0.15, -0.1) is 0 Å². The Hall–Kier alpha value is -1.49. The fraction of sp³-hybridized carbons (Fsp3) is 0.688. The summed E-state index contributed by atoms with van der Waals surface area (Å²) in [7, 11) is 0. The van der Waals surface area contributed by atoms with Crippen LogP contribution in [0.25, 0.3) is 0 Å². The van der Waals surface area contributed by atoms with E-state index in [0.717, 1.165) is 19.6 Å². The van der Waals surface area contributed by atoms with E-state index in [1.54, 1.807) is 4.90 Å². The van der Waals surface area contributed by atoms with Gasteiger partial charge in [0.25, 0.3) is 0 Å². The van der Waals surface area contributed by atoms with Crippen molar-refractivity contribution in [2.45, 2.75) is 53.3 Å². The number of aryl methyl sites for hydroxylation is 1. The van der Waals surface area contributed by atoms with Crippen LogP contribution in [0.3, 0.4) is 0 Å². The first-order valence-corrected chi connectivity index (χ1v) is 7.69. The van der Waals surface area contributed by atoms with Gasteiger partial charge in [-0.25, -0.2) is 4.79 Å². The van der Waals surface area contributed by atoms with Crippen LogP contribution in [-0.2, 0) is 17.8 Å². The number of ether oxygens (including phenoxy) is 1. The minimum absolute atomic E-state index is 0.246. The third-order valence-electron chi connectivity index (χ3n) is 3.10. The molecule has 1 N–H and O–H groups in total. The molecular weight excluding hydrogens is 266 g/mol. The maximum atomic E-state index is 12.0. The summed E-state index contributed by atoms with van der Waals surface area (Å²) < 4.78 is 7.53. The average molecular weight is 295 g/mol. The summed E-state index contributed by atoms with van der Waals surface area (Å²) in [6.07, 6.45) is 3.97. The fourth-order valence-electron chi connectivity index (χ4n) is 1.94. The van der Waals surface area contributed by atoms with E-state index in [1.165, 1.54) is 5.56 Å². The Balaban J connectivity index is 2.30. The summed E-state index contributed by atoms with van der Waals surface area (Å²) in [4.78, 5) is 13.7. The Labute approximate surface area is 128 Å². The van der Waals surface area contributed by atoms with Crippen molar-refractivity contribution in [2.24, 2.45) is 0 Å². The second-order valence-electron chi connectivity index (χ2n) is 6.09. The lowest BCUT2D eigenvalue weighted by atomic mass is 10.2. The highest BCUT2D eigenvalue weighted by molar-refractivity contribution is 5.68. The highest BCUT2D eigenvalue weighted by Gasteiger charge is 2.20. The molecule has 0 aliphatic heterocycles. The number of carbonyl (C=O) groups is 1. The van der Waals surface area contributed by atoms with Gasteiger partial charge in [-0.1, -0.05) is 0 Å². The third kappa shape index (κ3) is 6.67. The molecule has 1 aromatic rings. The summed E-state index contributed by atoms with van der Waals surface area (Å²) in [6, 6.07) is 2.11. The molecule has 21 heavy (non-hydrogen) atoms. The number of nitrogens with one attached hydrogen (secondary N) is 1. The summed E-state index contributed by atoms with van der Waals surface area (Å²) in [5.74, 6) is 0. The van der Waals surface area contributed by atoms with E-state index in [1.807, 2.05) is 27.7 Å². The van der Waals surface area contributed by atoms with Gasteiger partial charge in [0.2, 0.25) is 0 Å². The first kappa shape index (κ1) is 17.6. The Kier molecular flexibility index (Phi) is 6.75. The van der Waals surface area contributed by atoms with E-state index in [0.29, 0.717) is 13.1 Å². The van der Waals surface area contributed by atoms with Gasteiger partial charge in [0.1, 0.15) is 5.60 Å². The molecule has 1 amide bonds. The molecule has 0 bridgehead atoms. The van der Waals surface area contributed by atoms with Crippen molar-refractivity contribution in [1.82, 2.24) is 14.8 Å². The van der Waals surface area contributed by atoms with Gasteiger partial charge < -0.3 is 19.5 Å². The minimum Gasteiger partial charge on any atom is -0.444 e. The van der Waals surface area contributed by atoms with Crippen molar-refractivity contribution >= 4 is 6.09 Å². The molecule has 0 atom stereocenters. The molecule has 1 aromatic heterocycles. The van der Waals surface area contributed by atoms with Crippen LogP contribution in [0.1, 0.15) is 40.2 Å². The smallest absolute Gasteiger partial charge is 0.410 e. The zero-order chi connectivity index (χ0) is 15.9. The molecule has 0 aliphatic carbocycles. The molecule has 0 aliphatic rings. The fourth-order valence-corrected chi connectivity index (χ4v) is 1.94. The Morgan fingerprint density at radius 1 is 1.38 bits per heavy atom. The Morgan fingerprint density at radius 2 is 2.10 bits per heavy atom. The number of rotatable bonds is 7. The van der Waals surface area contributed by atoms with E-state index in [9.17, 15) is 4.79 Å². The molecule has 0 fully saturated rings. The highest BCUT2D eigenvalue weighted by atomic mass is 16.6. The van der Waals surface area contributed by atoms with Crippen molar-refractivity contribution in [1.29, 1.82) is 0 Å². The lowest BCUT2D eigenvalue weighted by Crippen LogP contribution is -2.40. The molecular formula is C16H29N3O2. The predicted octanol–water partition coefficient (Wildman–Crippen LogP) is 2.85. The summed E-state index contributed by atoms with van der Waals surface area (Å²) >= 11 is 0. The Morgan fingerprint density at radius 3 is 2.62 bits per heavy atom. The molecule has 120 valence electrons. The van der Waals surface area contributed by atoms with Crippen molar-refractivity contribution in [3.63, 3.8) is 0 Å². The number of likely N-dealkylation sites (N-methyl/N-ethyl adjacent to an activating group) is 1. The first-order chi connectivity index (χ1) is 9.85. The number of nitrogens with zero attached hydrogens (tertiary/aromatic N) is 2. The van der Waals surface area contributed by atoms with Gasteiger partial charge in [-0.05, 0) is 46.2 Å². The normalized spacial score (nSPS) is 11.5. The third-order valence-corrected chi connectivity index (χ3v) is 3.10. The molecule has 0 saturated heterocycles. The van der Waals surface area contributed by atoms with E-state index in [-0.39, 0.29) is 6.09 Å². The second kappa shape index (κ2) is 8.08. The quantitative estimate of drug-likeness (QED) is 0.787. The summed E-state index contributed by atoms with van der Waals surface area (Å²) in [6.45, 7) is 13.6. The SMILES string of the molecule is CCN(CCNCc1ccn(CC)c1)C(=O)OC(C)(C)C. The van der Waals surface area contributed by atoms with Gasteiger partial charge in [0.05, 0.1) is 0 Å². The van der Waals surface area contributed by atoms with Crippen LogP contribution >= 0.6 is 0 Å². The number of hydrogen-bond donors (Lipinski definition) is 1. The topological polar surface area (TPSA) is 46.5 Å². The van der Waals surface area contributed by atoms with Gasteiger partial charge in [0, 0.05) is 45.1 Å². The molecule has 5 nitrogen and oxygen atoms in total. The number of amides is 1. The highest BCUT2D eigenvalue weighted by Crippen LogP contribution is 2.09. The van der Waals surface area contributed by atoms with E-state index in [2.05, 4.69) is 35.3 Å². The van der Waals surface area contributed by atoms with Crippen LogP contribution in [0.5, 0.6) is 0 Å². The van der Waals surface area contributed by atoms with Gasteiger partial charge >= 0.3 is 6.09 Å². The lowest BCUT2D eigenvalue weighted by molar-refractivity contribution is 0.0262. The molecule has 0 unspecified atom stereocenters. The largest absolute Gasteiger partial charge is 0.444 e. The van der Waals surface area contributed by atoms with Crippen LogP contribution in [-0.4, -0.2) is 40.8 Å². The maximum absolute atomic E-state index is 12.0. The minimum atomic E-state index is -0.443. The summed E-state index contributed by atoms with van der Waals surface area (Å²) in [5.41, 5.74) is 0.818. The van der Waals surface area contributed by atoms with Crippen molar-refractivity contribution in [3.8, 4) is 0 Å². The van der Waals surface area contributed by atoms with Crippen LogP contribution in [0.4, 0.5) is 4.79 Å². The van der Waals surface area contributed by atoms with E-state index < -0.39 is 5.60 Å². The van der Waals surface area contributed by atoms with Gasteiger partial charge in [-0.2, -0.15) is 0 Å². The standard InChI is InChI=1S/C16H29N3O2/c1-6-18-10-8-14(13-18)12-17-9-11-19(7-2)15(20)21-16(3,4)5/h8,10,13,17H,6-7,9,11-12H2,1-5H3. The van der Waals surface area contributed by atoms with Crippen LogP contribution < -0.4 is 5.32 Å². The molecule has 1 heterocycles. The molecule has 0 aromatic carbocycles. The molecule has 1 rings (SSSR count). The zero-order valence-corrected chi connectivity index (χ0v) is 14.0. The van der Waals surface area contributed by atoms with E-state index >= 15 is 0 Å². The first-order valence-electron chi connectivity index (χ1n) is 7.69. The maximum Gasteiger partial charge on any atom is 0.410 e. The summed E-state index contributed by atoms with van der Waals surface area (Å²) in [5, 5.41) is 3.36. The zero-order valence-electron chi connectivity index (χ0n) is 14.0. The molecule has 0 saturated carbocycles. The van der Waals surface area contributed by atoms with Crippen molar-refractivity contribution < 1.29 is 9.53 Å². The van der Waals surface area contributed by atoms with Crippen LogP contribution in [0, 0.1) is 0 Å². The van der Waals surface area contributed by atoms with Crippen LogP contribution in [0.15, 0.2) is 18.5 Å². The number of aromatic nitrogens is 1.